The molecule has 0 saturated carbocycles. The summed E-state index contributed by atoms with van der Waals surface area (Å²) >= 11 is 0. The number of hydrogen-bond donors (Lipinski definition) is 1. The predicted molar refractivity (Wildman–Crippen MR) is 95.8 cm³/mol. The van der Waals surface area contributed by atoms with E-state index in [9.17, 15) is 9.90 Å². The van der Waals surface area contributed by atoms with E-state index in [-0.39, 0.29) is 5.91 Å². The summed E-state index contributed by atoms with van der Waals surface area (Å²) in [6, 6.07) is 9.36. The van der Waals surface area contributed by atoms with E-state index in [1.54, 1.807) is 6.07 Å². The van der Waals surface area contributed by atoms with Crippen LogP contribution in [0.1, 0.15) is 28.7 Å². The number of nitrogens with zero attached hydrogens (tertiary/aromatic N) is 3. The van der Waals surface area contributed by atoms with Gasteiger partial charge in [0.15, 0.2) is 0 Å². The Labute approximate surface area is 143 Å². The molecule has 0 spiro atoms. The maximum absolute atomic E-state index is 12.9. The molecule has 128 valence electrons. The highest BCUT2D eigenvalue weighted by Crippen LogP contribution is 2.27. The van der Waals surface area contributed by atoms with Crippen molar-refractivity contribution in [1.82, 2.24) is 9.47 Å². The molecule has 0 bridgehead atoms. The first-order valence-electron chi connectivity index (χ1n) is 8.52. The van der Waals surface area contributed by atoms with E-state index in [4.69, 9.17) is 0 Å². The average Bonchev–Trinajstić information content (AvgIpc) is 2.88. The van der Waals surface area contributed by atoms with Crippen molar-refractivity contribution in [2.24, 2.45) is 0 Å². The number of phenols is 1. The van der Waals surface area contributed by atoms with Crippen LogP contribution in [0.25, 0.3) is 0 Å². The molecule has 1 saturated heterocycles. The highest BCUT2D eigenvalue weighted by molar-refractivity contribution is 5.96. The van der Waals surface area contributed by atoms with Crippen molar-refractivity contribution < 1.29 is 9.90 Å². The van der Waals surface area contributed by atoms with E-state index in [0.717, 1.165) is 42.3 Å². The largest absolute Gasteiger partial charge is 0.506 e. The molecule has 1 aromatic heterocycles. The lowest BCUT2D eigenvalue weighted by Crippen LogP contribution is -2.48. The predicted octanol–water partition coefficient (Wildman–Crippen LogP) is 2.79. The number of carbonyl (C=O) groups is 1. The van der Waals surface area contributed by atoms with Crippen LogP contribution in [0, 0.1) is 13.8 Å². The molecule has 1 aromatic carbocycles. The molecule has 1 aliphatic heterocycles. The smallest absolute Gasteiger partial charge is 0.255 e. The van der Waals surface area contributed by atoms with Crippen molar-refractivity contribution in [2.75, 3.05) is 31.1 Å². The molecule has 5 heteroatoms. The Morgan fingerprint density at radius 1 is 1.12 bits per heavy atom. The number of aromatic hydroxyl groups is 1. The number of benzene rings is 1. The molecule has 1 N–H and O–H groups in total. The molecule has 1 fully saturated rings. The van der Waals surface area contributed by atoms with E-state index in [2.05, 4.69) is 16.4 Å². The Balaban J connectivity index is 1.71. The minimum Gasteiger partial charge on any atom is -0.506 e. The fourth-order valence-corrected chi connectivity index (χ4v) is 3.56. The van der Waals surface area contributed by atoms with Gasteiger partial charge in [0, 0.05) is 44.1 Å². The molecular formula is C19H25N3O2. The fraction of sp³-hybridized carbons (Fsp3) is 0.421. The summed E-state index contributed by atoms with van der Waals surface area (Å²) in [5.74, 6) is 0.406. The Morgan fingerprint density at radius 2 is 1.79 bits per heavy atom. The molecule has 24 heavy (non-hydrogen) atoms. The van der Waals surface area contributed by atoms with Gasteiger partial charge in [0.05, 0.1) is 11.3 Å². The number of aryl methyl sites for hydroxylation is 1. The van der Waals surface area contributed by atoms with Gasteiger partial charge in [-0.25, -0.2) is 0 Å². The number of carbonyl (C=O) groups excluding carboxylic acids is 1. The number of para-hydroxylation sites is 2. The van der Waals surface area contributed by atoms with Crippen LogP contribution in [0.2, 0.25) is 0 Å². The number of rotatable bonds is 3. The summed E-state index contributed by atoms with van der Waals surface area (Å²) in [7, 11) is 0. The summed E-state index contributed by atoms with van der Waals surface area (Å²) in [6.45, 7) is 9.84. The van der Waals surface area contributed by atoms with Crippen molar-refractivity contribution in [2.45, 2.75) is 27.3 Å². The summed E-state index contributed by atoms with van der Waals surface area (Å²) < 4.78 is 2.17. The second kappa shape index (κ2) is 6.59. The van der Waals surface area contributed by atoms with Crippen LogP contribution >= 0.6 is 0 Å². The van der Waals surface area contributed by atoms with Crippen LogP contribution in [0.5, 0.6) is 5.75 Å². The number of hydrogen-bond acceptors (Lipinski definition) is 3. The normalized spacial score (nSPS) is 15.0. The third-order valence-corrected chi connectivity index (χ3v) is 4.91. The monoisotopic (exact) mass is 327 g/mol. The molecule has 3 rings (SSSR count). The number of phenolic OH excluding ortho intramolecular Hbond substituents is 1. The van der Waals surface area contributed by atoms with E-state index in [1.807, 2.05) is 43.0 Å². The lowest BCUT2D eigenvalue weighted by Gasteiger charge is -2.36. The van der Waals surface area contributed by atoms with Gasteiger partial charge in [0.1, 0.15) is 5.75 Å². The van der Waals surface area contributed by atoms with Gasteiger partial charge in [-0.05, 0) is 39.0 Å². The van der Waals surface area contributed by atoms with Crippen molar-refractivity contribution >= 4 is 11.6 Å². The van der Waals surface area contributed by atoms with Gasteiger partial charge in [0.2, 0.25) is 0 Å². The first kappa shape index (κ1) is 16.4. The lowest BCUT2D eigenvalue weighted by molar-refractivity contribution is 0.0746. The number of aromatic nitrogens is 1. The second-order valence-corrected chi connectivity index (χ2v) is 6.30. The molecular weight excluding hydrogens is 302 g/mol. The third-order valence-electron chi connectivity index (χ3n) is 4.91. The van der Waals surface area contributed by atoms with Crippen LogP contribution in [-0.4, -0.2) is 46.7 Å². The molecule has 2 heterocycles. The maximum atomic E-state index is 12.9. The zero-order valence-corrected chi connectivity index (χ0v) is 14.6. The highest BCUT2D eigenvalue weighted by atomic mass is 16.3. The van der Waals surface area contributed by atoms with Gasteiger partial charge < -0.3 is 19.5 Å². The topological polar surface area (TPSA) is 48.7 Å². The minimum atomic E-state index is 0.111. The highest BCUT2D eigenvalue weighted by Gasteiger charge is 2.25. The minimum absolute atomic E-state index is 0.111. The zero-order valence-electron chi connectivity index (χ0n) is 14.6. The quantitative estimate of drug-likeness (QED) is 0.943. The molecule has 0 aliphatic carbocycles. The summed E-state index contributed by atoms with van der Waals surface area (Å²) in [6.07, 6.45) is 0. The van der Waals surface area contributed by atoms with Crippen molar-refractivity contribution in [3.63, 3.8) is 0 Å². The van der Waals surface area contributed by atoms with Crippen molar-refractivity contribution in [1.29, 1.82) is 0 Å². The zero-order chi connectivity index (χ0) is 17.3. The van der Waals surface area contributed by atoms with E-state index in [1.165, 1.54) is 0 Å². The maximum Gasteiger partial charge on any atom is 0.255 e. The average molecular weight is 327 g/mol. The van der Waals surface area contributed by atoms with Crippen LogP contribution < -0.4 is 4.90 Å². The molecule has 1 amide bonds. The summed E-state index contributed by atoms with van der Waals surface area (Å²) in [5.41, 5.74) is 3.83. The summed E-state index contributed by atoms with van der Waals surface area (Å²) in [4.78, 5) is 16.9. The number of anilines is 1. The first-order chi connectivity index (χ1) is 11.5. The van der Waals surface area contributed by atoms with Gasteiger partial charge in [-0.1, -0.05) is 12.1 Å². The van der Waals surface area contributed by atoms with Gasteiger partial charge in [0.25, 0.3) is 5.91 Å². The Hall–Kier alpha value is -2.43. The van der Waals surface area contributed by atoms with Crippen LogP contribution in [0.4, 0.5) is 5.69 Å². The van der Waals surface area contributed by atoms with Crippen molar-refractivity contribution in [3.05, 3.63) is 47.3 Å². The molecule has 5 nitrogen and oxygen atoms in total. The summed E-state index contributed by atoms with van der Waals surface area (Å²) in [5, 5.41) is 9.99. The standard InChI is InChI=1S/C19H25N3O2/c1-4-22-14(2)13-16(15(22)3)19(24)21-11-9-20(10-12-21)17-7-5-6-8-18(17)23/h5-8,13,23H,4,9-12H2,1-3H3. The fourth-order valence-electron chi connectivity index (χ4n) is 3.56. The Morgan fingerprint density at radius 3 is 2.38 bits per heavy atom. The Bertz CT molecular complexity index is 743. The SMILES string of the molecule is CCn1c(C)cc(C(=O)N2CCN(c3ccccc3O)CC2)c1C. The van der Waals surface area contributed by atoms with Gasteiger partial charge >= 0.3 is 0 Å². The third kappa shape index (κ3) is 2.86. The Kier molecular flexibility index (Phi) is 4.51. The lowest BCUT2D eigenvalue weighted by atomic mass is 10.2. The number of amides is 1. The molecule has 1 aliphatic rings. The first-order valence-corrected chi connectivity index (χ1v) is 8.52. The van der Waals surface area contributed by atoms with E-state index in [0.29, 0.717) is 18.8 Å². The van der Waals surface area contributed by atoms with Crippen LogP contribution in [0.15, 0.2) is 30.3 Å². The molecule has 0 radical (unpaired) electrons. The van der Waals surface area contributed by atoms with Gasteiger partial charge in [-0.15, -0.1) is 0 Å². The van der Waals surface area contributed by atoms with Gasteiger partial charge in [-0.3, -0.25) is 4.79 Å². The molecule has 0 atom stereocenters. The molecule has 0 unspecified atom stereocenters. The second-order valence-electron chi connectivity index (χ2n) is 6.30. The van der Waals surface area contributed by atoms with Crippen molar-refractivity contribution in [3.8, 4) is 5.75 Å². The number of piperazine rings is 1. The molecule has 2 aromatic rings. The van der Waals surface area contributed by atoms with Gasteiger partial charge in [-0.2, -0.15) is 0 Å². The van der Waals surface area contributed by atoms with Crippen LogP contribution in [0.3, 0.4) is 0 Å². The van der Waals surface area contributed by atoms with E-state index < -0.39 is 0 Å². The van der Waals surface area contributed by atoms with E-state index >= 15 is 0 Å². The van der Waals surface area contributed by atoms with Crippen LogP contribution in [-0.2, 0) is 6.54 Å².